The van der Waals surface area contributed by atoms with Crippen molar-refractivity contribution < 1.29 is 13.2 Å². The minimum atomic E-state index is -3.50. The number of hydrogen-bond donors (Lipinski definition) is 2. The van der Waals surface area contributed by atoms with E-state index < -0.39 is 10.0 Å². The zero-order valence-corrected chi connectivity index (χ0v) is 11.2. The third-order valence-corrected chi connectivity index (χ3v) is 3.46. The van der Waals surface area contributed by atoms with Gasteiger partial charge in [-0.2, -0.15) is 0 Å². The summed E-state index contributed by atoms with van der Waals surface area (Å²) in [7, 11) is -3.50. The van der Waals surface area contributed by atoms with E-state index in [2.05, 4.69) is 5.32 Å². The largest absolute Gasteiger partial charge is 0.340 e. The lowest BCUT2D eigenvalue weighted by molar-refractivity contribution is -0.135. The van der Waals surface area contributed by atoms with Gasteiger partial charge < -0.3 is 10.2 Å². The molecule has 100 valence electrons. The number of carbonyl (C=O) groups is 1. The molecule has 0 radical (unpaired) electrons. The van der Waals surface area contributed by atoms with Gasteiger partial charge in [0.05, 0.1) is 11.8 Å². The number of nitrogens with one attached hydrogen (secondary N) is 1. The number of amides is 1. The number of carbonyl (C=O) groups excluding carboxylic acids is 1. The van der Waals surface area contributed by atoms with E-state index in [1.165, 1.54) is 0 Å². The van der Waals surface area contributed by atoms with Crippen LogP contribution >= 0.6 is 0 Å². The maximum Gasteiger partial charge on any atom is 0.239 e. The summed E-state index contributed by atoms with van der Waals surface area (Å²) < 4.78 is 21.7. The van der Waals surface area contributed by atoms with Crippen molar-refractivity contribution in [1.29, 1.82) is 0 Å². The third-order valence-electron chi connectivity index (χ3n) is 2.71. The fourth-order valence-corrected chi connectivity index (χ4v) is 2.43. The van der Waals surface area contributed by atoms with Crippen LogP contribution in [-0.2, 0) is 14.8 Å². The molecule has 0 aromatic heterocycles. The molecule has 1 atom stereocenters. The van der Waals surface area contributed by atoms with Crippen molar-refractivity contribution in [3.05, 3.63) is 0 Å². The van der Waals surface area contributed by atoms with Gasteiger partial charge >= 0.3 is 0 Å². The van der Waals surface area contributed by atoms with E-state index in [4.69, 9.17) is 5.14 Å². The Bertz CT molecular complexity index is 367. The topological polar surface area (TPSA) is 92.5 Å². The first-order valence-electron chi connectivity index (χ1n) is 5.85. The fourth-order valence-electron chi connectivity index (χ4n) is 1.96. The third kappa shape index (κ3) is 5.01. The summed E-state index contributed by atoms with van der Waals surface area (Å²) in [6, 6.07) is 0.0476. The Hall–Kier alpha value is -0.660. The molecule has 7 heteroatoms. The van der Waals surface area contributed by atoms with Crippen LogP contribution in [0.2, 0.25) is 0 Å². The molecule has 17 heavy (non-hydrogen) atoms. The second kappa shape index (κ2) is 5.79. The van der Waals surface area contributed by atoms with Gasteiger partial charge in [-0.05, 0) is 12.8 Å². The molecule has 1 fully saturated rings. The summed E-state index contributed by atoms with van der Waals surface area (Å²) in [5.41, 5.74) is 0. The van der Waals surface area contributed by atoms with Crippen molar-refractivity contribution in [2.75, 3.05) is 18.8 Å². The van der Waals surface area contributed by atoms with Gasteiger partial charge in [-0.15, -0.1) is 0 Å². The fraction of sp³-hybridized carbons (Fsp3) is 0.900. The van der Waals surface area contributed by atoms with Gasteiger partial charge in [-0.1, -0.05) is 13.8 Å². The second-order valence-corrected chi connectivity index (χ2v) is 6.44. The minimum absolute atomic E-state index is 0.0198. The average Bonchev–Trinajstić information content (AvgIpc) is 2.17. The maximum atomic E-state index is 12.0. The number of nitrogens with zero attached hydrogens (tertiary/aromatic N) is 1. The van der Waals surface area contributed by atoms with Crippen molar-refractivity contribution in [3.63, 3.8) is 0 Å². The predicted molar refractivity (Wildman–Crippen MR) is 65.8 cm³/mol. The van der Waals surface area contributed by atoms with Gasteiger partial charge in [-0.3, -0.25) is 4.79 Å². The first-order valence-corrected chi connectivity index (χ1v) is 7.56. The van der Waals surface area contributed by atoms with Gasteiger partial charge in [0.2, 0.25) is 15.9 Å². The number of rotatable bonds is 5. The van der Waals surface area contributed by atoms with E-state index >= 15 is 0 Å². The normalized spacial score (nSPS) is 22.2. The van der Waals surface area contributed by atoms with Crippen LogP contribution < -0.4 is 10.5 Å². The molecular weight excluding hydrogens is 242 g/mol. The smallest absolute Gasteiger partial charge is 0.239 e. The number of piperidine rings is 1. The molecule has 0 aromatic rings. The molecule has 1 heterocycles. The standard InChI is InChI=1S/C10H21N3O3S/c1-8(2)12-9-4-3-5-13(10(9)14)6-7-17(11,15)16/h8-9,12H,3-7H2,1-2H3,(H2,11,15,16). The molecule has 0 aliphatic carbocycles. The highest BCUT2D eigenvalue weighted by Gasteiger charge is 2.29. The Labute approximate surface area is 103 Å². The van der Waals surface area contributed by atoms with Crippen LogP contribution in [0.4, 0.5) is 0 Å². The van der Waals surface area contributed by atoms with Gasteiger partial charge in [0, 0.05) is 19.1 Å². The van der Waals surface area contributed by atoms with Crippen LogP contribution in [0.1, 0.15) is 26.7 Å². The molecule has 1 aliphatic heterocycles. The van der Waals surface area contributed by atoms with Crippen LogP contribution in [0.5, 0.6) is 0 Å². The summed E-state index contributed by atoms with van der Waals surface area (Å²) >= 11 is 0. The molecule has 3 N–H and O–H groups in total. The summed E-state index contributed by atoms with van der Waals surface area (Å²) in [6.45, 7) is 4.77. The van der Waals surface area contributed by atoms with E-state index in [1.807, 2.05) is 13.8 Å². The summed E-state index contributed by atoms with van der Waals surface area (Å²) in [4.78, 5) is 13.6. The highest BCUT2D eigenvalue weighted by Crippen LogP contribution is 2.12. The second-order valence-electron chi connectivity index (χ2n) is 4.71. The van der Waals surface area contributed by atoms with E-state index in [-0.39, 0.29) is 30.3 Å². The first kappa shape index (κ1) is 14.4. The number of hydrogen-bond acceptors (Lipinski definition) is 4. The average molecular weight is 263 g/mol. The quantitative estimate of drug-likeness (QED) is 0.683. The highest BCUT2D eigenvalue weighted by atomic mass is 32.2. The number of likely N-dealkylation sites (tertiary alicyclic amines) is 1. The molecule has 6 nitrogen and oxygen atoms in total. The Kier molecular flexibility index (Phi) is 4.91. The minimum Gasteiger partial charge on any atom is -0.340 e. The molecule has 1 aliphatic rings. The zero-order chi connectivity index (χ0) is 13.1. The van der Waals surface area contributed by atoms with Gasteiger partial charge in [0.1, 0.15) is 0 Å². The lowest BCUT2D eigenvalue weighted by Gasteiger charge is -2.33. The van der Waals surface area contributed by atoms with Crippen molar-refractivity contribution in [2.24, 2.45) is 5.14 Å². The number of sulfonamides is 1. The van der Waals surface area contributed by atoms with Crippen LogP contribution in [0, 0.1) is 0 Å². The molecular formula is C10H21N3O3S. The summed E-state index contributed by atoms with van der Waals surface area (Å²) in [5, 5.41) is 8.12. The monoisotopic (exact) mass is 263 g/mol. The molecule has 0 spiro atoms. The summed E-state index contributed by atoms with van der Waals surface area (Å²) in [5.74, 6) is -0.193. The van der Waals surface area contributed by atoms with Crippen LogP contribution in [0.25, 0.3) is 0 Å². The number of primary sulfonamides is 1. The molecule has 0 saturated carbocycles. The van der Waals surface area contributed by atoms with Gasteiger partial charge in [0.15, 0.2) is 0 Å². The lowest BCUT2D eigenvalue weighted by atomic mass is 10.0. The highest BCUT2D eigenvalue weighted by molar-refractivity contribution is 7.89. The van der Waals surface area contributed by atoms with Gasteiger partial charge in [0.25, 0.3) is 0 Å². The Morgan fingerprint density at radius 1 is 1.53 bits per heavy atom. The Morgan fingerprint density at radius 3 is 2.71 bits per heavy atom. The molecule has 1 rings (SSSR count). The molecule has 1 saturated heterocycles. The first-order chi connectivity index (χ1) is 7.79. The SMILES string of the molecule is CC(C)NC1CCCN(CCS(N)(=O)=O)C1=O. The van der Waals surface area contributed by atoms with Crippen LogP contribution in [-0.4, -0.2) is 50.2 Å². The van der Waals surface area contributed by atoms with Crippen LogP contribution in [0.3, 0.4) is 0 Å². The molecule has 0 bridgehead atoms. The van der Waals surface area contributed by atoms with E-state index in [9.17, 15) is 13.2 Å². The molecule has 0 aromatic carbocycles. The zero-order valence-electron chi connectivity index (χ0n) is 10.3. The van der Waals surface area contributed by atoms with E-state index in [1.54, 1.807) is 4.90 Å². The van der Waals surface area contributed by atoms with Crippen molar-refractivity contribution in [2.45, 2.75) is 38.8 Å². The van der Waals surface area contributed by atoms with E-state index in [0.29, 0.717) is 6.54 Å². The Balaban J connectivity index is 2.53. The van der Waals surface area contributed by atoms with Crippen molar-refractivity contribution >= 4 is 15.9 Å². The van der Waals surface area contributed by atoms with Gasteiger partial charge in [-0.25, -0.2) is 13.6 Å². The van der Waals surface area contributed by atoms with Crippen molar-refractivity contribution in [1.82, 2.24) is 10.2 Å². The number of nitrogens with two attached hydrogens (primary N) is 1. The summed E-state index contributed by atoms with van der Waals surface area (Å²) in [6.07, 6.45) is 1.70. The lowest BCUT2D eigenvalue weighted by Crippen LogP contribution is -2.53. The maximum absolute atomic E-state index is 12.0. The predicted octanol–water partition coefficient (Wildman–Crippen LogP) is -0.736. The van der Waals surface area contributed by atoms with E-state index in [0.717, 1.165) is 12.8 Å². The van der Waals surface area contributed by atoms with Crippen LogP contribution in [0.15, 0.2) is 0 Å². The molecule has 1 unspecified atom stereocenters. The molecule has 1 amide bonds. The van der Waals surface area contributed by atoms with Crippen molar-refractivity contribution in [3.8, 4) is 0 Å². The Morgan fingerprint density at radius 2 is 2.18 bits per heavy atom.